The van der Waals surface area contributed by atoms with Gasteiger partial charge >= 0.3 is 5.97 Å². The number of sulfonamides is 1. The fraction of sp³-hybridized carbons (Fsp3) is 0.640. The number of nitrogens with zero attached hydrogens (tertiary/aromatic N) is 2. The lowest BCUT2D eigenvalue weighted by Gasteiger charge is -2.50. The molecule has 3 aliphatic carbocycles. The van der Waals surface area contributed by atoms with E-state index in [1.54, 1.807) is 14.0 Å². The van der Waals surface area contributed by atoms with E-state index in [0.717, 1.165) is 44.4 Å². The number of carbonyl (C=O) groups excluding carboxylic acids is 1. The summed E-state index contributed by atoms with van der Waals surface area (Å²) >= 11 is 1.39. The van der Waals surface area contributed by atoms with Crippen molar-refractivity contribution in [2.45, 2.75) is 80.2 Å². The van der Waals surface area contributed by atoms with Gasteiger partial charge in [-0.25, -0.2) is 13.2 Å². The van der Waals surface area contributed by atoms with E-state index in [0.29, 0.717) is 23.4 Å². The fourth-order valence-corrected chi connectivity index (χ4v) is 7.85. The lowest BCUT2D eigenvalue weighted by Crippen LogP contribution is -2.55. The number of thioether (sulfide) groups is 1. The Morgan fingerprint density at radius 1 is 1.31 bits per heavy atom. The van der Waals surface area contributed by atoms with Gasteiger partial charge in [0.2, 0.25) is 15.9 Å². The Labute approximate surface area is 212 Å². The summed E-state index contributed by atoms with van der Waals surface area (Å²) in [6, 6.07) is 3.21. The van der Waals surface area contributed by atoms with Gasteiger partial charge in [0.1, 0.15) is 16.9 Å². The van der Waals surface area contributed by atoms with Gasteiger partial charge in [-0.3, -0.25) is 0 Å². The normalized spacial score (nSPS) is 27.7. The zero-order chi connectivity index (χ0) is 25.4. The van der Waals surface area contributed by atoms with Gasteiger partial charge in [0, 0.05) is 31.2 Å². The highest BCUT2D eigenvalue weighted by molar-refractivity contribution is 7.98. The third-order valence-electron chi connectivity index (χ3n) is 7.68. The van der Waals surface area contributed by atoms with Crippen LogP contribution in [0, 0.1) is 5.92 Å². The molecule has 194 valence electrons. The largest absolute Gasteiger partial charge is 0.461 e. The van der Waals surface area contributed by atoms with Crippen LogP contribution in [0.1, 0.15) is 58.8 Å². The number of likely N-dealkylation sites (N-methyl/N-ethyl adjacent to an activating group) is 1. The van der Waals surface area contributed by atoms with E-state index in [9.17, 15) is 17.6 Å². The van der Waals surface area contributed by atoms with Gasteiger partial charge in [-0.2, -0.15) is 8.70 Å². The maximum atomic E-state index is 14.1. The van der Waals surface area contributed by atoms with E-state index in [2.05, 4.69) is 16.6 Å². The summed E-state index contributed by atoms with van der Waals surface area (Å²) in [5.74, 6) is -1.38. The van der Waals surface area contributed by atoms with Crippen LogP contribution in [0.4, 0.5) is 10.1 Å². The molecule has 35 heavy (non-hydrogen) atoms. The molecule has 0 N–H and O–H groups in total. The predicted molar refractivity (Wildman–Crippen MR) is 135 cm³/mol. The molecule has 0 aromatic heterocycles. The van der Waals surface area contributed by atoms with Crippen LogP contribution in [0.15, 0.2) is 34.0 Å². The van der Waals surface area contributed by atoms with Crippen molar-refractivity contribution in [1.82, 2.24) is 4.31 Å². The van der Waals surface area contributed by atoms with Crippen LogP contribution in [0.3, 0.4) is 0 Å². The molecule has 3 fully saturated rings. The second-order valence-corrected chi connectivity index (χ2v) is 12.6. The Morgan fingerprint density at radius 2 is 2.06 bits per heavy atom. The van der Waals surface area contributed by atoms with Gasteiger partial charge < -0.3 is 14.4 Å². The zero-order valence-corrected chi connectivity index (χ0v) is 22.5. The van der Waals surface area contributed by atoms with Crippen LogP contribution in [0.5, 0.6) is 5.75 Å². The molecule has 1 unspecified atom stereocenters. The molecule has 0 spiro atoms. The standard InChI is InChI=1S/C25H35FN2O5S2/c1-5-7-8-18-15-28(25-10-9-17(13-25)14-25)20-11-22(34-4)21(12-23(20)35(30,31)27(18)3)33-16-19(26)24(29)32-6-2/h11-12,16-18H,5-10,13-15H2,1-4H3/b19-16-. The summed E-state index contributed by atoms with van der Waals surface area (Å²) in [7, 11) is -2.17. The molecule has 1 heterocycles. The number of ether oxygens (including phenoxy) is 2. The molecule has 10 heteroatoms. The summed E-state index contributed by atoms with van der Waals surface area (Å²) in [5, 5.41) is 0. The third-order valence-corrected chi connectivity index (χ3v) is 10.4. The van der Waals surface area contributed by atoms with E-state index in [1.165, 1.54) is 28.6 Å². The van der Waals surface area contributed by atoms with Crippen molar-refractivity contribution in [2.24, 2.45) is 5.92 Å². The van der Waals surface area contributed by atoms with E-state index >= 15 is 0 Å². The molecule has 3 saturated carbocycles. The summed E-state index contributed by atoms with van der Waals surface area (Å²) in [6.07, 6.45) is 9.73. The number of hydrogen-bond donors (Lipinski definition) is 0. The first kappa shape index (κ1) is 26.3. The number of halogens is 1. The zero-order valence-electron chi connectivity index (χ0n) is 20.9. The van der Waals surface area contributed by atoms with Gasteiger partial charge in [0.25, 0.3) is 0 Å². The highest BCUT2D eigenvalue weighted by Crippen LogP contribution is 2.58. The van der Waals surface area contributed by atoms with Crippen LogP contribution < -0.4 is 9.64 Å². The van der Waals surface area contributed by atoms with Crippen molar-refractivity contribution in [3.8, 4) is 5.75 Å². The SMILES string of the molecule is CCCCC1CN(C23CCC(C2)C3)c2cc(SC)c(O/C=C(\F)C(=O)OCC)cc2S(=O)(=O)N1C. The van der Waals surface area contributed by atoms with Gasteiger partial charge in [0.15, 0.2) is 0 Å². The summed E-state index contributed by atoms with van der Waals surface area (Å²) in [6.45, 7) is 4.39. The molecule has 0 radical (unpaired) electrons. The van der Waals surface area contributed by atoms with Crippen molar-refractivity contribution in [3.63, 3.8) is 0 Å². The Morgan fingerprint density at radius 3 is 2.66 bits per heavy atom. The molecule has 5 rings (SSSR count). The van der Waals surface area contributed by atoms with Crippen molar-refractivity contribution in [1.29, 1.82) is 0 Å². The van der Waals surface area contributed by atoms with E-state index < -0.39 is 21.8 Å². The first-order valence-electron chi connectivity index (χ1n) is 12.3. The monoisotopic (exact) mass is 526 g/mol. The fourth-order valence-electron chi connectivity index (χ4n) is 5.75. The average Bonchev–Trinajstić information content (AvgIpc) is 3.42. The lowest BCUT2D eigenvalue weighted by molar-refractivity contribution is -0.140. The second-order valence-electron chi connectivity index (χ2n) is 9.74. The minimum absolute atomic E-state index is 0.00143. The molecule has 1 aliphatic heterocycles. The van der Waals surface area contributed by atoms with Crippen LogP contribution >= 0.6 is 11.8 Å². The van der Waals surface area contributed by atoms with Crippen LogP contribution in [-0.4, -0.2) is 56.7 Å². The van der Waals surface area contributed by atoms with Crippen molar-refractivity contribution >= 4 is 33.4 Å². The highest BCUT2D eigenvalue weighted by atomic mass is 32.2. The number of hydrogen-bond acceptors (Lipinski definition) is 7. The number of rotatable bonds is 9. The number of anilines is 1. The molecule has 4 aliphatic rings. The van der Waals surface area contributed by atoms with Crippen molar-refractivity contribution < 1.29 is 27.1 Å². The van der Waals surface area contributed by atoms with Crippen LogP contribution in [0.2, 0.25) is 0 Å². The van der Waals surface area contributed by atoms with Gasteiger partial charge in [0.05, 0.1) is 17.2 Å². The third kappa shape index (κ3) is 4.81. The van der Waals surface area contributed by atoms with Gasteiger partial charge in [-0.1, -0.05) is 19.8 Å². The predicted octanol–water partition coefficient (Wildman–Crippen LogP) is 5.10. The lowest BCUT2D eigenvalue weighted by atomic mass is 9.75. The maximum absolute atomic E-state index is 14.1. The number of esters is 1. The summed E-state index contributed by atoms with van der Waals surface area (Å²) in [4.78, 5) is 14.8. The van der Waals surface area contributed by atoms with E-state index in [1.807, 2.05) is 12.3 Å². The van der Waals surface area contributed by atoms with E-state index in [4.69, 9.17) is 4.74 Å². The molecule has 0 amide bonds. The second kappa shape index (κ2) is 10.3. The van der Waals surface area contributed by atoms with Gasteiger partial charge in [-0.05, 0) is 57.3 Å². The molecule has 0 saturated heterocycles. The maximum Gasteiger partial charge on any atom is 0.370 e. The first-order chi connectivity index (χ1) is 16.7. The minimum atomic E-state index is -3.82. The Hall–Kier alpha value is -1.78. The number of carbonyl (C=O) groups is 1. The molecule has 2 bridgehead atoms. The Bertz CT molecular complexity index is 1100. The van der Waals surface area contributed by atoms with Gasteiger partial charge in [-0.15, -0.1) is 11.8 Å². The van der Waals surface area contributed by atoms with Crippen molar-refractivity contribution in [3.05, 3.63) is 24.2 Å². The molecule has 7 nitrogen and oxygen atoms in total. The van der Waals surface area contributed by atoms with Crippen LogP contribution in [0.25, 0.3) is 0 Å². The molecule has 1 aromatic carbocycles. The number of unbranched alkanes of at least 4 members (excludes halogenated alkanes) is 1. The Kier molecular flexibility index (Phi) is 7.74. The number of fused-ring (bicyclic) bond motifs is 2. The first-order valence-corrected chi connectivity index (χ1v) is 15.0. The summed E-state index contributed by atoms with van der Waals surface area (Å²) < 4.78 is 53.5. The topological polar surface area (TPSA) is 76.1 Å². The van der Waals surface area contributed by atoms with Crippen LogP contribution in [-0.2, 0) is 19.6 Å². The smallest absolute Gasteiger partial charge is 0.370 e. The summed E-state index contributed by atoms with van der Waals surface area (Å²) in [5.41, 5.74) is 0.696. The number of benzene rings is 1. The molecular weight excluding hydrogens is 491 g/mol. The van der Waals surface area contributed by atoms with E-state index in [-0.39, 0.29) is 28.8 Å². The average molecular weight is 527 g/mol. The molecule has 1 aromatic rings. The quantitative estimate of drug-likeness (QED) is 0.192. The van der Waals surface area contributed by atoms with Crippen molar-refractivity contribution in [2.75, 3.05) is 31.4 Å². The minimum Gasteiger partial charge on any atom is -0.461 e. The molecule has 1 atom stereocenters. The Balaban J connectivity index is 1.79. The molecular formula is C25H35FN2O5S2. The highest BCUT2D eigenvalue weighted by Gasteiger charge is 2.56.